The molecule has 0 atom stereocenters. The van der Waals surface area contributed by atoms with Gasteiger partial charge < -0.3 is 15.0 Å². The van der Waals surface area contributed by atoms with Crippen LogP contribution in [0, 0.1) is 5.92 Å². The number of hydrogen-bond donors (Lipinski definition) is 1. The molecule has 0 spiro atoms. The summed E-state index contributed by atoms with van der Waals surface area (Å²) in [5.74, 6) is 0.419. The van der Waals surface area contributed by atoms with E-state index < -0.39 is 0 Å². The quantitative estimate of drug-likeness (QED) is 0.836. The molecule has 0 radical (unpaired) electrons. The van der Waals surface area contributed by atoms with E-state index in [9.17, 15) is 9.59 Å². The fraction of sp³-hybridized carbons (Fsp3) is 0.333. The number of likely N-dealkylation sites (tertiary alicyclic amines) is 1. The Kier molecular flexibility index (Phi) is 6.35. The van der Waals surface area contributed by atoms with Crippen LogP contribution in [0.1, 0.15) is 30.1 Å². The molecule has 5 nitrogen and oxygen atoms in total. The lowest BCUT2D eigenvalue weighted by molar-refractivity contribution is -0.121. The van der Waals surface area contributed by atoms with Crippen molar-refractivity contribution < 1.29 is 14.3 Å². The van der Waals surface area contributed by atoms with E-state index >= 15 is 0 Å². The molecule has 0 aliphatic carbocycles. The Balaban J connectivity index is 1.58. The van der Waals surface area contributed by atoms with Crippen LogP contribution in [0.25, 0.3) is 0 Å². The minimum Gasteiger partial charge on any atom is -0.492 e. The van der Waals surface area contributed by atoms with Crippen molar-refractivity contribution in [3.05, 3.63) is 59.1 Å². The molecule has 2 aromatic carbocycles. The molecule has 1 N–H and O–H groups in total. The number of nitrogens with one attached hydrogen (secondary N) is 1. The van der Waals surface area contributed by atoms with Crippen molar-refractivity contribution in [1.82, 2.24) is 4.90 Å². The van der Waals surface area contributed by atoms with Crippen LogP contribution in [-0.4, -0.2) is 36.4 Å². The lowest BCUT2D eigenvalue weighted by Crippen LogP contribution is -2.41. The van der Waals surface area contributed by atoms with Gasteiger partial charge in [0.05, 0.1) is 22.9 Å². The average molecular weight is 387 g/mol. The Morgan fingerprint density at radius 2 is 1.78 bits per heavy atom. The number of carbonyl (C=O) groups excluding carboxylic acids is 2. The molecule has 0 unspecified atom stereocenters. The maximum absolute atomic E-state index is 12.6. The van der Waals surface area contributed by atoms with Gasteiger partial charge in [0.15, 0.2) is 0 Å². The van der Waals surface area contributed by atoms with E-state index in [4.69, 9.17) is 16.3 Å². The number of para-hydroxylation sites is 2. The number of anilines is 1. The molecular formula is C21H23ClN2O3. The van der Waals surface area contributed by atoms with E-state index in [2.05, 4.69) is 5.32 Å². The second-order valence-corrected chi connectivity index (χ2v) is 6.87. The number of ether oxygens (including phenoxy) is 1. The molecule has 6 heteroatoms. The third-order valence-corrected chi connectivity index (χ3v) is 5.03. The highest BCUT2D eigenvalue weighted by atomic mass is 35.5. The molecule has 1 fully saturated rings. The lowest BCUT2D eigenvalue weighted by atomic mass is 9.95. The van der Waals surface area contributed by atoms with E-state index in [0.717, 1.165) is 0 Å². The Morgan fingerprint density at radius 3 is 2.48 bits per heavy atom. The first-order valence-electron chi connectivity index (χ1n) is 9.16. The van der Waals surface area contributed by atoms with Crippen molar-refractivity contribution in [3.8, 4) is 5.75 Å². The predicted molar refractivity (Wildman–Crippen MR) is 106 cm³/mol. The molecule has 27 heavy (non-hydrogen) atoms. The second-order valence-electron chi connectivity index (χ2n) is 6.46. The van der Waals surface area contributed by atoms with E-state index in [0.29, 0.717) is 54.6 Å². The SMILES string of the molecule is CCOc1ccccc1NC(=O)C1CCN(C(=O)c2ccccc2Cl)CC1. The summed E-state index contributed by atoms with van der Waals surface area (Å²) in [7, 11) is 0. The van der Waals surface area contributed by atoms with Gasteiger partial charge in [-0.15, -0.1) is 0 Å². The number of carbonyl (C=O) groups is 2. The molecule has 1 saturated heterocycles. The van der Waals surface area contributed by atoms with Gasteiger partial charge in [0.2, 0.25) is 5.91 Å². The summed E-state index contributed by atoms with van der Waals surface area (Å²) >= 11 is 6.12. The van der Waals surface area contributed by atoms with Gasteiger partial charge in [-0.05, 0) is 44.0 Å². The van der Waals surface area contributed by atoms with E-state index in [1.54, 1.807) is 29.2 Å². The number of nitrogens with zero attached hydrogens (tertiary/aromatic N) is 1. The number of hydrogen-bond acceptors (Lipinski definition) is 3. The van der Waals surface area contributed by atoms with Crippen molar-refractivity contribution >= 4 is 29.1 Å². The van der Waals surface area contributed by atoms with Crippen LogP contribution in [-0.2, 0) is 4.79 Å². The number of amides is 2. The molecule has 142 valence electrons. The molecule has 0 saturated carbocycles. The highest BCUT2D eigenvalue weighted by molar-refractivity contribution is 6.33. The number of benzene rings is 2. The molecule has 0 aromatic heterocycles. The minimum atomic E-state index is -0.130. The van der Waals surface area contributed by atoms with Crippen molar-refractivity contribution in [2.45, 2.75) is 19.8 Å². The first kappa shape index (κ1) is 19.2. The fourth-order valence-corrected chi connectivity index (χ4v) is 3.45. The van der Waals surface area contributed by atoms with Crippen LogP contribution >= 0.6 is 11.6 Å². The largest absolute Gasteiger partial charge is 0.492 e. The van der Waals surface area contributed by atoms with Gasteiger partial charge in [-0.2, -0.15) is 0 Å². The Morgan fingerprint density at radius 1 is 1.11 bits per heavy atom. The maximum atomic E-state index is 12.6. The Bertz CT molecular complexity index is 817. The lowest BCUT2D eigenvalue weighted by Gasteiger charge is -2.31. The highest BCUT2D eigenvalue weighted by Gasteiger charge is 2.28. The van der Waals surface area contributed by atoms with Crippen LogP contribution in [0.15, 0.2) is 48.5 Å². The van der Waals surface area contributed by atoms with E-state index in [1.165, 1.54) is 0 Å². The molecule has 1 heterocycles. The summed E-state index contributed by atoms with van der Waals surface area (Å²) in [5.41, 5.74) is 1.19. The van der Waals surface area contributed by atoms with Gasteiger partial charge in [-0.25, -0.2) is 0 Å². The summed E-state index contributed by atoms with van der Waals surface area (Å²) in [6.45, 7) is 3.52. The summed E-state index contributed by atoms with van der Waals surface area (Å²) < 4.78 is 5.55. The minimum absolute atomic E-state index is 0.0352. The van der Waals surface area contributed by atoms with Gasteiger partial charge >= 0.3 is 0 Å². The van der Waals surface area contributed by atoms with Crippen molar-refractivity contribution in [2.24, 2.45) is 5.92 Å². The normalized spacial score (nSPS) is 14.7. The first-order valence-corrected chi connectivity index (χ1v) is 9.54. The summed E-state index contributed by atoms with van der Waals surface area (Å²) in [6.07, 6.45) is 1.25. The van der Waals surface area contributed by atoms with Gasteiger partial charge in [-0.1, -0.05) is 35.9 Å². The summed E-state index contributed by atoms with van der Waals surface area (Å²) in [4.78, 5) is 27.0. The van der Waals surface area contributed by atoms with Gasteiger partial charge in [-0.3, -0.25) is 9.59 Å². The smallest absolute Gasteiger partial charge is 0.255 e. The molecule has 1 aliphatic heterocycles. The third-order valence-electron chi connectivity index (χ3n) is 4.70. The number of piperidine rings is 1. The summed E-state index contributed by atoms with van der Waals surface area (Å²) in [6, 6.07) is 14.5. The van der Waals surface area contributed by atoms with Crippen LogP contribution < -0.4 is 10.1 Å². The van der Waals surface area contributed by atoms with Crippen LogP contribution in [0.2, 0.25) is 5.02 Å². The second kappa shape index (κ2) is 8.91. The molecule has 1 aliphatic rings. The van der Waals surface area contributed by atoms with Crippen LogP contribution in [0.4, 0.5) is 5.69 Å². The molecule has 2 aromatic rings. The third kappa shape index (κ3) is 4.61. The van der Waals surface area contributed by atoms with Gasteiger partial charge in [0.25, 0.3) is 5.91 Å². The van der Waals surface area contributed by atoms with Crippen molar-refractivity contribution in [2.75, 3.05) is 25.0 Å². The monoisotopic (exact) mass is 386 g/mol. The molecule has 3 rings (SSSR count). The number of rotatable bonds is 5. The van der Waals surface area contributed by atoms with Gasteiger partial charge in [0.1, 0.15) is 5.75 Å². The summed E-state index contributed by atoms with van der Waals surface area (Å²) in [5, 5.41) is 3.42. The molecular weight excluding hydrogens is 364 g/mol. The zero-order valence-electron chi connectivity index (χ0n) is 15.3. The van der Waals surface area contributed by atoms with E-state index in [-0.39, 0.29) is 17.7 Å². The molecule has 2 amide bonds. The zero-order chi connectivity index (χ0) is 19.2. The maximum Gasteiger partial charge on any atom is 0.255 e. The van der Waals surface area contributed by atoms with Crippen molar-refractivity contribution in [1.29, 1.82) is 0 Å². The number of halogens is 1. The van der Waals surface area contributed by atoms with Crippen LogP contribution in [0.3, 0.4) is 0 Å². The highest BCUT2D eigenvalue weighted by Crippen LogP contribution is 2.27. The standard InChI is InChI=1S/C21H23ClN2O3/c1-2-27-19-10-6-5-9-18(19)23-20(25)15-11-13-24(14-12-15)21(26)16-7-3-4-8-17(16)22/h3-10,15H,2,11-14H2,1H3,(H,23,25). The van der Waals surface area contributed by atoms with Crippen LogP contribution in [0.5, 0.6) is 5.75 Å². The van der Waals surface area contributed by atoms with E-state index in [1.807, 2.05) is 31.2 Å². The fourth-order valence-electron chi connectivity index (χ4n) is 3.24. The predicted octanol–water partition coefficient (Wildman–Crippen LogP) is 4.23. The topological polar surface area (TPSA) is 58.6 Å². The Labute approximate surface area is 164 Å². The zero-order valence-corrected chi connectivity index (χ0v) is 16.0. The van der Waals surface area contributed by atoms with Crippen molar-refractivity contribution in [3.63, 3.8) is 0 Å². The average Bonchev–Trinajstić information content (AvgIpc) is 2.69. The first-order chi connectivity index (χ1) is 13.1. The van der Waals surface area contributed by atoms with Gasteiger partial charge in [0, 0.05) is 19.0 Å². The Hall–Kier alpha value is -2.53. The molecule has 0 bridgehead atoms.